The van der Waals surface area contributed by atoms with Crippen molar-refractivity contribution < 1.29 is 23.9 Å². The van der Waals surface area contributed by atoms with E-state index in [-0.39, 0.29) is 12.5 Å². The molecule has 1 aliphatic rings. The monoisotopic (exact) mass is 533 g/mol. The Hall–Kier alpha value is -3.98. The number of hydrogen-bond donors (Lipinski definition) is 2. The number of amides is 2. The van der Waals surface area contributed by atoms with E-state index >= 15 is 0 Å². The molecule has 0 aliphatic heterocycles. The summed E-state index contributed by atoms with van der Waals surface area (Å²) in [5, 5.41) is 7.38. The summed E-state index contributed by atoms with van der Waals surface area (Å²) >= 11 is 1.45. The van der Waals surface area contributed by atoms with Crippen molar-refractivity contribution in [3.8, 4) is 5.75 Å². The summed E-state index contributed by atoms with van der Waals surface area (Å²) < 4.78 is 11.0. The summed E-state index contributed by atoms with van der Waals surface area (Å²) in [4.78, 5) is 39.2. The second-order valence-corrected chi connectivity index (χ2v) is 10.3. The quantitative estimate of drug-likeness (QED) is 0.223. The van der Waals surface area contributed by atoms with Gasteiger partial charge < -0.3 is 14.8 Å². The standard InChI is InChI=1S/C29H31N3O5S/c1-4-36-29(35)25-23-15-10-18(2)16-24(23)38-28(25)31-27(34)21-11-13-22(14-12-21)37-19(3)26(33)32-30-17-20-8-6-5-7-9-20/h5-9,11-14,17-19H,4,10,15-16H2,1-3H3,(H,31,34)(H,32,33)/b30-17-/t18-,19+/m1/s1. The number of fused-ring (bicyclic) bond motifs is 1. The van der Waals surface area contributed by atoms with Gasteiger partial charge in [0.25, 0.3) is 11.8 Å². The molecule has 2 N–H and O–H groups in total. The van der Waals surface area contributed by atoms with Crippen molar-refractivity contribution in [1.82, 2.24) is 5.43 Å². The number of nitrogens with zero attached hydrogens (tertiary/aromatic N) is 1. The number of thiophene rings is 1. The van der Waals surface area contributed by atoms with E-state index in [2.05, 4.69) is 22.8 Å². The zero-order valence-corrected chi connectivity index (χ0v) is 22.5. The lowest BCUT2D eigenvalue weighted by Crippen LogP contribution is -2.33. The van der Waals surface area contributed by atoms with E-state index in [4.69, 9.17) is 9.47 Å². The molecule has 3 aromatic rings. The van der Waals surface area contributed by atoms with Gasteiger partial charge in [0, 0.05) is 10.4 Å². The molecule has 0 saturated heterocycles. The van der Waals surface area contributed by atoms with Gasteiger partial charge in [-0.25, -0.2) is 10.2 Å². The van der Waals surface area contributed by atoms with E-state index in [1.807, 2.05) is 30.3 Å². The van der Waals surface area contributed by atoms with Crippen LogP contribution in [0.1, 0.15) is 63.9 Å². The Kier molecular flexibility index (Phi) is 8.91. The minimum absolute atomic E-state index is 0.268. The molecule has 1 aromatic heterocycles. The lowest BCUT2D eigenvalue weighted by atomic mass is 9.88. The Morgan fingerprint density at radius 1 is 1.13 bits per heavy atom. The first-order valence-electron chi connectivity index (χ1n) is 12.6. The third-order valence-electron chi connectivity index (χ3n) is 6.20. The van der Waals surface area contributed by atoms with Crippen molar-refractivity contribution in [3.05, 3.63) is 81.7 Å². The minimum atomic E-state index is -0.797. The Bertz CT molecular complexity index is 1320. The SMILES string of the molecule is CCOC(=O)c1c(NC(=O)c2ccc(O[C@@H](C)C(=O)N/N=C\c3ccccc3)cc2)sc2c1CC[C@@H](C)C2. The summed E-state index contributed by atoms with van der Waals surface area (Å²) in [6, 6.07) is 15.9. The van der Waals surface area contributed by atoms with Gasteiger partial charge in [0.2, 0.25) is 0 Å². The average Bonchev–Trinajstić information content (AvgIpc) is 3.26. The van der Waals surface area contributed by atoms with E-state index in [0.29, 0.717) is 27.8 Å². The predicted molar refractivity (Wildman–Crippen MR) is 148 cm³/mol. The van der Waals surface area contributed by atoms with Crippen molar-refractivity contribution >= 4 is 40.3 Å². The highest BCUT2D eigenvalue weighted by Gasteiger charge is 2.29. The van der Waals surface area contributed by atoms with Crippen LogP contribution in [0.25, 0.3) is 0 Å². The summed E-state index contributed by atoms with van der Waals surface area (Å²) in [7, 11) is 0. The first-order chi connectivity index (χ1) is 18.4. The number of rotatable bonds is 9. The summed E-state index contributed by atoms with van der Waals surface area (Å²) in [6.45, 7) is 5.84. The van der Waals surface area contributed by atoms with Crippen LogP contribution in [0.4, 0.5) is 5.00 Å². The Morgan fingerprint density at radius 2 is 1.87 bits per heavy atom. The maximum atomic E-state index is 13.0. The van der Waals surface area contributed by atoms with Crippen LogP contribution in [0.2, 0.25) is 0 Å². The molecule has 0 spiro atoms. The molecule has 0 bridgehead atoms. The maximum Gasteiger partial charge on any atom is 0.341 e. The van der Waals surface area contributed by atoms with Crippen LogP contribution in [0.5, 0.6) is 5.75 Å². The zero-order valence-electron chi connectivity index (χ0n) is 21.7. The van der Waals surface area contributed by atoms with E-state index in [0.717, 1.165) is 35.3 Å². The molecule has 0 radical (unpaired) electrons. The van der Waals surface area contributed by atoms with Crippen molar-refractivity contribution in [2.75, 3.05) is 11.9 Å². The van der Waals surface area contributed by atoms with Gasteiger partial charge in [-0.15, -0.1) is 11.3 Å². The second-order valence-electron chi connectivity index (χ2n) is 9.16. The normalized spacial score (nSPS) is 15.4. The molecular formula is C29H31N3O5S. The minimum Gasteiger partial charge on any atom is -0.481 e. The molecule has 2 aromatic carbocycles. The molecule has 1 aliphatic carbocycles. The molecule has 0 fully saturated rings. The smallest absolute Gasteiger partial charge is 0.341 e. The van der Waals surface area contributed by atoms with Crippen LogP contribution in [-0.4, -0.2) is 36.7 Å². The van der Waals surface area contributed by atoms with Crippen LogP contribution >= 0.6 is 11.3 Å². The number of ether oxygens (including phenoxy) is 2. The molecule has 8 nitrogen and oxygen atoms in total. The number of esters is 1. The summed E-state index contributed by atoms with van der Waals surface area (Å²) in [6.07, 6.45) is 3.44. The van der Waals surface area contributed by atoms with Gasteiger partial charge in [0.1, 0.15) is 10.8 Å². The van der Waals surface area contributed by atoms with Crippen LogP contribution in [0.15, 0.2) is 59.7 Å². The van der Waals surface area contributed by atoms with Gasteiger partial charge in [0.15, 0.2) is 6.10 Å². The average molecular weight is 534 g/mol. The van der Waals surface area contributed by atoms with Gasteiger partial charge in [-0.3, -0.25) is 9.59 Å². The van der Waals surface area contributed by atoms with Gasteiger partial charge in [-0.1, -0.05) is 37.3 Å². The van der Waals surface area contributed by atoms with Gasteiger partial charge in [-0.2, -0.15) is 5.10 Å². The number of anilines is 1. The Balaban J connectivity index is 1.38. The number of hydrogen-bond acceptors (Lipinski definition) is 7. The van der Waals surface area contributed by atoms with E-state index < -0.39 is 18.0 Å². The van der Waals surface area contributed by atoms with Crippen LogP contribution in [0.3, 0.4) is 0 Å². The third-order valence-corrected chi connectivity index (χ3v) is 7.37. The Morgan fingerprint density at radius 3 is 2.58 bits per heavy atom. The molecule has 1 heterocycles. The number of carbonyl (C=O) groups is 3. The molecule has 4 rings (SSSR count). The summed E-state index contributed by atoms with van der Waals surface area (Å²) in [5.41, 5.74) is 5.19. The predicted octanol–water partition coefficient (Wildman–Crippen LogP) is 5.22. The Labute approximate surface area is 226 Å². The first kappa shape index (κ1) is 27.1. The van der Waals surface area contributed by atoms with E-state index in [9.17, 15) is 14.4 Å². The molecule has 2 amide bonds. The van der Waals surface area contributed by atoms with Crippen LogP contribution in [0, 0.1) is 5.92 Å². The summed E-state index contributed by atoms with van der Waals surface area (Å²) in [5.74, 6) is -0.174. The highest BCUT2D eigenvalue weighted by Crippen LogP contribution is 2.40. The second kappa shape index (κ2) is 12.5. The maximum absolute atomic E-state index is 13.0. The fraction of sp³-hybridized carbons (Fsp3) is 0.310. The molecule has 38 heavy (non-hydrogen) atoms. The highest BCUT2D eigenvalue weighted by atomic mass is 32.1. The third kappa shape index (κ3) is 6.66. The molecular weight excluding hydrogens is 502 g/mol. The van der Waals surface area contributed by atoms with Gasteiger partial charge in [-0.05, 0) is 74.4 Å². The fourth-order valence-electron chi connectivity index (χ4n) is 4.18. The highest BCUT2D eigenvalue weighted by molar-refractivity contribution is 7.17. The van der Waals surface area contributed by atoms with E-state index in [1.54, 1.807) is 44.3 Å². The largest absolute Gasteiger partial charge is 0.481 e. The van der Waals surface area contributed by atoms with Crippen molar-refractivity contribution in [3.63, 3.8) is 0 Å². The molecule has 0 saturated carbocycles. The lowest BCUT2D eigenvalue weighted by molar-refractivity contribution is -0.127. The van der Waals surface area contributed by atoms with Gasteiger partial charge >= 0.3 is 5.97 Å². The van der Waals surface area contributed by atoms with Gasteiger partial charge in [0.05, 0.1) is 18.4 Å². The molecule has 2 atom stereocenters. The van der Waals surface area contributed by atoms with Crippen molar-refractivity contribution in [2.24, 2.45) is 11.0 Å². The number of carbonyl (C=O) groups excluding carboxylic acids is 3. The molecule has 198 valence electrons. The van der Waals surface area contributed by atoms with Crippen LogP contribution in [-0.2, 0) is 22.4 Å². The first-order valence-corrected chi connectivity index (χ1v) is 13.4. The van der Waals surface area contributed by atoms with Crippen molar-refractivity contribution in [1.29, 1.82) is 0 Å². The lowest BCUT2D eigenvalue weighted by Gasteiger charge is -2.18. The number of hydrazone groups is 1. The topological polar surface area (TPSA) is 106 Å². The number of benzene rings is 2. The van der Waals surface area contributed by atoms with E-state index in [1.165, 1.54) is 11.3 Å². The molecule has 9 heteroatoms. The fourth-order valence-corrected chi connectivity index (χ4v) is 5.57. The number of nitrogens with one attached hydrogen (secondary N) is 2. The molecule has 0 unspecified atom stereocenters. The van der Waals surface area contributed by atoms with Crippen molar-refractivity contribution in [2.45, 2.75) is 46.1 Å². The van der Waals surface area contributed by atoms with Crippen LogP contribution < -0.4 is 15.5 Å². The zero-order chi connectivity index (χ0) is 27.1.